The first-order chi connectivity index (χ1) is 18.0. The zero-order valence-corrected chi connectivity index (χ0v) is 23.9. The summed E-state index contributed by atoms with van der Waals surface area (Å²) < 4.78 is 5.84. The third kappa shape index (κ3) is 7.71. The first-order valence-corrected chi connectivity index (χ1v) is 14.3. The van der Waals surface area contributed by atoms with E-state index in [0.29, 0.717) is 6.42 Å². The SMILES string of the molecule is C/C(=C\c1csc(-c2ccccc2)n1)[C@@H]1C/C=C/CCC[C@H](C)[C@@H](O)[C@H](C)C(=O)C(C)(C)[C@@H](O)CC(=O)O1. The van der Waals surface area contributed by atoms with Crippen LogP contribution in [0, 0.1) is 17.3 Å². The molecule has 5 atom stereocenters. The molecule has 2 aromatic rings. The van der Waals surface area contributed by atoms with Gasteiger partial charge in [0.25, 0.3) is 0 Å². The number of thiazole rings is 1. The van der Waals surface area contributed by atoms with Crippen molar-refractivity contribution in [2.75, 3.05) is 0 Å². The Hall–Kier alpha value is -2.61. The van der Waals surface area contributed by atoms with Crippen molar-refractivity contribution in [1.29, 1.82) is 0 Å². The predicted octanol–water partition coefficient (Wildman–Crippen LogP) is 6.23. The van der Waals surface area contributed by atoms with Crippen LogP contribution >= 0.6 is 11.3 Å². The molecule has 1 aromatic heterocycles. The summed E-state index contributed by atoms with van der Waals surface area (Å²) in [6.07, 6.45) is 6.17. The largest absolute Gasteiger partial charge is 0.457 e. The molecule has 1 aromatic carbocycles. The number of ether oxygens (including phenoxy) is 1. The monoisotopic (exact) mass is 539 g/mol. The van der Waals surface area contributed by atoms with Crippen LogP contribution in [0.3, 0.4) is 0 Å². The van der Waals surface area contributed by atoms with E-state index in [2.05, 4.69) is 6.08 Å². The van der Waals surface area contributed by atoms with Gasteiger partial charge >= 0.3 is 5.97 Å². The smallest absolute Gasteiger partial charge is 0.309 e. The van der Waals surface area contributed by atoms with Crippen molar-refractivity contribution >= 4 is 29.2 Å². The Morgan fingerprint density at radius 1 is 1.13 bits per heavy atom. The van der Waals surface area contributed by atoms with Crippen molar-refractivity contribution in [3.63, 3.8) is 0 Å². The minimum atomic E-state index is -1.23. The van der Waals surface area contributed by atoms with Crippen LogP contribution in [0.1, 0.15) is 72.4 Å². The Bertz CT molecular complexity index is 1140. The van der Waals surface area contributed by atoms with Gasteiger partial charge in [-0.15, -0.1) is 11.3 Å². The van der Waals surface area contributed by atoms with Crippen LogP contribution in [0.15, 0.2) is 53.4 Å². The standard InChI is InChI=1S/C31H41NO5S/c1-20-13-9-6-7-12-16-25(21(2)17-24-19-38-30(32-24)23-14-10-8-11-15-23)37-27(34)18-26(33)31(4,5)29(36)22(3)28(20)35/h7-8,10-12,14-15,17,19-20,22,25-26,28,33,35H,6,9,13,16,18H2,1-5H3/b12-7+,21-17+/t20-,22-,25-,26-,28+/m0/s1. The van der Waals surface area contributed by atoms with E-state index in [4.69, 9.17) is 9.72 Å². The summed E-state index contributed by atoms with van der Waals surface area (Å²) in [5.74, 6) is -1.52. The van der Waals surface area contributed by atoms with E-state index in [-0.39, 0.29) is 18.1 Å². The van der Waals surface area contributed by atoms with Crippen LogP contribution in [0.5, 0.6) is 0 Å². The van der Waals surface area contributed by atoms with Crippen LogP contribution in [0.2, 0.25) is 0 Å². The van der Waals surface area contributed by atoms with Crippen molar-refractivity contribution in [2.24, 2.45) is 17.3 Å². The van der Waals surface area contributed by atoms with Crippen LogP contribution < -0.4 is 0 Å². The number of aromatic nitrogens is 1. The minimum Gasteiger partial charge on any atom is -0.457 e. The van der Waals surface area contributed by atoms with Gasteiger partial charge in [0.1, 0.15) is 16.9 Å². The fourth-order valence-electron chi connectivity index (χ4n) is 4.80. The number of ketones is 1. The molecule has 0 unspecified atom stereocenters. The lowest BCUT2D eigenvalue weighted by molar-refractivity contribution is -0.154. The molecule has 0 amide bonds. The average molecular weight is 540 g/mol. The van der Waals surface area contributed by atoms with Gasteiger partial charge in [-0.1, -0.05) is 70.2 Å². The summed E-state index contributed by atoms with van der Waals surface area (Å²) in [4.78, 5) is 30.9. The number of aliphatic hydroxyl groups is 2. The summed E-state index contributed by atoms with van der Waals surface area (Å²) in [7, 11) is 0. The fraction of sp³-hybridized carbons (Fsp3) is 0.516. The molecule has 206 valence electrons. The Morgan fingerprint density at radius 2 is 1.84 bits per heavy atom. The van der Waals surface area contributed by atoms with E-state index in [0.717, 1.165) is 41.1 Å². The lowest BCUT2D eigenvalue weighted by atomic mass is 9.73. The molecule has 0 saturated carbocycles. The van der Waals surface area contributed by atoms with Gasteiger partial charge in [0, 0.05) is 23.3 Å². The Labute approximate surface area is 230 Å². The molecule has 0 bridgehead atoms. The summed E-state index contributed by atoms with van der Waals surface area (Å²) in [6.45, 7) is 8.82. The quantitative estimate of drug-likeness (QED) is 0.354. The van der Waals surface area contributed by atoms with Gasteiger partial charge in [0.2, 0.25) is 0 Å². The second-order valence-corrected chi connectivity index (χ2v) is 11.9. The second-order valence-electron chi connectivity index (χ2n) is 11.0. The number of carbonyl (C=O) groups excluding carboxylic acids is 2. The zero-order chi connectivity index (χ0) is 27.9. The Kier molecular flexibility index (Phi) is 10.6. The highest BCUT2D eigenvalue weighted by atomic mass is 32.1. The van der Waals surface area contributed by atoms with Crippen LogP contribution in [0.25, 0.3) is 16.6 Å². The Morgan fingerprint density at radius 3 is 2.55 bits per heavy atom. The summed E-state index contributed by atoms with van der Waals surface area (Å²) in [5.41, 5.74) is 1.50. The van der Waals surface area contributed by atoms with Crippen LogP contribution in [-0.4, -0.2) is 45.3 Å². The van der Waals surface area contributed by atoms with Crippen LogP contribution in [0.4, 0.5) is 0 Å². The van der Waals surface area contributed by atoms with Gasteiger partial charge in [0.15, 0.2) is 0 Å². The van der Waals surface area contributed by atoms with E-state index >= 15 is 0 Å². The van der Waals surface area contributed by atoms with Crippen molar-refractivity contribution in [3.8, 4) is 10.6 Å². The van der Waals surface area contributed by atoms with Gasteiger partial charge < -0.3 is 14.9 Å². The van der Waals surface area contributed by atoms with Gasteiger partial charge in [-0.25, -0.2) is 4.98 Å². The minimum absolute atomic E-state index is 0.0509. The molecular weight excluding hydrogens is 498 g/mol. The fourth-order valence-corrected chi connectivity index (χ4v) is 5.59. The normalized spacial score (nSPS) is 29.0. The molecule has 38 heavy (non-hydrogen) atoms. The van der Waals surface area contributed by atoms with Gasteiger partial charge in [-0.05, 0) is 43.8 Å². The van der Waals surface area contributed by atoms with E-state index in [9.17, 15) is 19.8 Å². The van der Waals surface area contributed by atoms with Gasteiger partial charge in [-0.3, -0.25) is 9.59 Å². The molecule has 3 rings (SSSR count). The first kappa shape index (κ1) is 29.9. The molecule has 0 aliphatic carbocycles. The number of rotatable bonds is 3. The van der Waals surface area contributed by atoms with Crippen molar-refractivity contribution in [3.05, 3.63) is 59.1 Å². The summed E-state index contributed by atoms with van der Waals surface area (Å²) >= 11 is 1.56. The number of benzene rings is 1. The average Bonchev–Trinajstić information content (AvgIpc) is 3.36. The number of hydrogen-bond donors (Lipinski definition) is 2. The highest BCUT2D eigenvalue weighted by Crippen LogP contribution is 2.32. The number of Topliss-reactive ketones (excluding diaryl/α,β-unsaturated/α-hetero) is 1. The zero-order valence-electron chi connectivity index (χ0n) is 23.1. The molecule has 2 N–H and O–H groups in total. The highest BCUT2D eigenvalue weighted by molar-refractivity contribution is 7.13. The highest BCUT2D eigenvalue weighted by Gasteiger charge is 2.42. The maximum absolute atomic E-state index is 13.2. The predicted molar refractivity (Wildman–Crippen MR) is 152 cm³/mol. The second kappa shape index (κ2) is 13.5. The Balaban J connectivity index is 1.82. The number of esters is 1. The molecule has 0 saturated heterocycles. The molecule has 7 heteroatoms. The lowest BCUT2D eigenvalue weighted by Crippen LogP contribution is -2.45. The molecule has 6 nitrogen and oxygen atoms in total. The van der Waals surface area contributed by atoms with Crippen LogP contribution in [-0.2, 0) is 14.3 Å². The molecular formula is C31H41NO5S. The number of cyclic esters (lactones) is 1. The van der Waals surface area contributed by atoms with Crippen molar-refractivity contribution in [2.45, 2.75) is 85.0 Å². The van der Waals surface area contributed by atoms with E-state index < -0.39 is 35.6 Å². The number of hydrogen-bond acceptors (Lipinski definition) is 7. The number of carbonyl (C=O) groups is 2. The molecule has 1 aliphatic heterocycles. The molecule has 1 aliphatic rings. The third-order valence-electron chi connectivity index (χ3n) is 7.58. The maximum Gasteiger partial charge on any atom is 0.309 e. The van der Waals surface area contributed by atoms with Gasteiger partial charge in [-0.2, -0.15) is 0 Å². The summed E-state index contributed by atoms with van der Waals surface area (Å²) in [5, 5.41) is 24.5. The van der Waals surface area contributed by atoms with E-state index in [1.165, 1.54) is 0 Å². The van der Waals surface area contributed by atoms with E-state index in [1.807, 2.05) is 61.7 Å². The maximum atomic E-state index is 13.2. The van der Waals surface area contributed by atoms with Crippen molar-refractivity contribution in [1.82, 2.24) is 4.98 Å². The lowest BCUT2D eigenvalue weighted by Gasteiger charge is -2.34. The number of aliphatic hydroxyl groups excluding tert-OH is 2. The van der Waals surface area contributed by atoms with Gasteiger partial charge in [0.05, 0.1) is 29.7 Å². The molecule has 0 spiro atoms. The molecule has 0 radical (unpaired) electrons. The van der Waals surface area contributed by atoms with E-state index in [1.54, 1.807) is 32.1 Å². The molecule has 2 heterocycles. The topological polar surface area (TPSA) is 96.7 Å². The number of allylic oxidation sites excluding steroid dienone is 1. The third-order valence-corrected chi connectivity index (χ3v) is 8.49. The summed E-state index contributed by atoms with van der Waals surface area (Å²) in [6, 6.07) is 9.98. The first-order valence-electron chi connectivity index (χ1n) is 13.4. The van der Waals surface area contributed by atoms with Crippen molar-refractivity contribution < 1.29 is 24.5 Å². The number of nitrogens with zero attached hydrogens (tertiary/aromatic N) is 1. The molecule has 0 fully saturated rings.